The molecule has 0 spiro atoms. The van der Waals surface area contributed by atoms with Crippen LogP contribution >= 0.6 is 0 Å². The van der Waals surface area contributed by atoms with E-state index in [1.807, 2.05) is 0 Å². The minimum atomic E-state index is -0.660. The molecule has 0 saturated heterocycles. The number of aliphatic imine (C=N–C) groups is 1. The molecule has 7 N–H and O–H groups in total. The monoisotopic (exact) mass is 395 g/mol. The summed E-state index contributed by atoms with van der Waals surface area (Å²) < 4.78 is 14.5. The van der Waals surface area contributed by atoms with Gasteiger partial charge in [-0.1, -0.05) is 6.07 Å². The Bertz CT molecular complexity index is 1030. The minimum Gasteiger partial charge on any atom is -0.404 e. The van der Waals surface area contributed by atoms with Crippen molar-refractivity contribution in [3.05, 3.63) is 64.7 Å². The molecule has 8 nitrogen and oxygen atoms in total. The van der Waals surface area contributed by atoms with Crippen molar-refractivity contribution in [2.75, 3.05) is 5.32 Å². The Morgan fingerprint density at radius 3 is 2.72 bits per heavy atom. The van der Waals surface area contributed by atoms with Gasteiger partial charge in [0.1, 0.15) is 17.3 Å². The van der Waals surface area contributed by atoms with Gasteiger partial charge in [-0.05, 0) is 55.2 Å². The molecule has 0 aliphatic heterocycles. The molecular weight excluding hydrogens is 373 g/mol. The first kappa shape index (κ1) is 20.0. The van der Waals surface area contributed by atoms with Gasteiger partial charge in [0.2, 0.25) is 0 Å². The van der Waals surface area contributed by atoms with Crippen molar-refractivity contribution in [1.29, 1.82) is 0 Å². The zero-order valence-corrected chi connectivity index (χ0v) is 15.9. The van der Waals surface area contributed by atoms with E-state index in [4.69, 9.17) is 17.3 Å². The number of hydrazone groups is 1. The summed E-state index contributed by atoms with van der Waals surface area (Å²) in [5.74, 6) is 4.03. The number of nitrogens with two attached hydrogens (primary N) is 3. The smallest absolute Gasteiger partial charge is 0.259 e. The molecule has 0 unspecified atom stereocenters. The van der Waals surface area contributed by atoms with Crippen LogP contribution in [0.4, 0.5) is 10.2 Å². The molecule has 1 aromatic heterocycles. The number of benzene rings is 1. The molecule has 0 atom stereocenters. The molecular formula is C20H22FN7O. The second kappa shape index (κ2) is 8.51. The molecule has 2 aromatic rings. The number of carbonyl (C=O) groups is 1. The Balaban J connectivity index is 1.89. The molecule has 1 aliphatic rings. The van der Waals surface area contributed by atoms with Crippen LogP contribution in [0, 0.1) is 12.7 Å². The summed E-state index contributed by atoms with van der Waals surface area (Å²) in [6, 6.07) is 7.82. The van der Waals surface area contributed by atoms with Crippen molar-refractivity contribution < 1.29 is 9.18 Å². The average molecular weight is 395 g/mol. The van der Waals surface area contributed by atoms with Crippen LogP contribution < -0.4 is 22.6 Å². The van der Waals surface area contributed by atoms with Gasteiger partial charge in [-0.3, -0.25) is 9.79 Å². The van der Waals surface area contributed by atoms with E-state index in [1.54, 1.807) is 31.3 Å². The van der Waals surface area contributed by atoms with Gasteiger partial charge in [0.25, 0.3) is 5.91 Å². The van der Waals surface area contributed by atoms with Crippen molar-refractivity contribution >= 4 is 29.3 Å². The predicted molar refractivity (Wildman–Crippen MR) is 112 cm³/mol. The second-order valence-corrected chi connectivity index (χ2v) is 6.65. The number of anilines is 1. The normalized spacial score (nSPS) is 15.0. The fraction of sp³-hybridized carbons (Fsp3) is 0.200. The number of allylic oxidation sites excluding steroid dienone is 1. The summed E-state index contributed by atoms with van der Waals surface area (Å²) in [5.41, 5.74) is 13.4. The number of carbonyl (C=O) groups excluding carboxylic acids is 1. The number of rotatable bonds is 6. The van der Waals surface area contributed by atoms with Crippen LogP contribution in [-0.2, 0) is 0 Å². The van der Waals surface area contributed by atoms with Gasteiger partial charge in [-0.25, -0.2) is 9.37 Å². The molecule has 1 saturated carbocycles. The Kier molecular flexibility index (Phi) is 5.87. The van der Waals surface area contributed by atoms with E-state index in [2.05, 4.69) is 20.4 Å². The number of halogens is 1. The van der Waals surface area contributed by atoms with Crippen molar-refractivity contribution in [2.45, 2.75) is 25.8 Å². The van der Waals surface area contributed by atoms with Gasteiger partial charge in [-0.2, -0.15) is 5.10 Å². The summed E-state index contributed by atoms with van der Waals surface area (Å²) in [6.07, 6.45) is 5.17. The lowest BCUT2D eigenvalue weighted by Crippen LogP contribution is -2.20. The lowest BCUT2D eigenvalue weighted by molar-refractivity contribution is 0.102. The molecule has 1 amide bonds. The molecule has 1 aromatic carbocycles. The lowest BCUT2D eigenvalue weighted by Gasteiger charge is -2.11. The van der Waals surface area contributed by atoms with Gasteiger partial charge in [0, 0.05) is 18.0 Å². The summed E-state index contributed by atoms with van der Waals surface area (Å²) in [7, 11) is 0. The maximum absolute atomic E-state index is 14.5. The fourth-order valence-corrected chi connectivity index (χ4v) is 2.67. The molecule has 9 heteroatoms. The number of nitrogens with one attached hydrogen (secondary N) is 1. The van der Waals surface area contributed by atoms with E-state index in [-0.39, 0.29) is 17.2 Å². The number of pyridine rings is 1. The predicted octanol–water partition coefficient (Wildman–Crippen LogP) is 1.89. The number of hydrogen-bond donors (Lipinski definition) is 4. The summed E-state index contributed by atoms with van der Waals surface area (Å²) in [6.45, 7) is 1.74. The molecule has 1 aliphatic carbocycles. The van der Waals surface area contributed by atoms with E-state index >= 15 is 0 Å². The van der Waals surface area contributed by atoms with E-state index in [0.717, 1.165) is 12.8 Å². The maximum atomic E-state index is 14.5. The van der Waals surface area contributed by atoms with Crippen molar-refractivity contribution in [2.24, 2.45) is 27.4 Å². The van der Waals surface area contributed by atoms with Gasteiger partial charge in [-0.15, -0.1) is 0 Å². The standard InChI is InChI=1S/C20H22FN7O/c1-11-7-16(21)15(8-14(11)12(9-22)10-25-13-5-6-13)20(29)27-18-4-2-3-17(26-18)19(23)28-24/h2-4,7-10,13H,5-6,22,24H2,1H3,(H2,23,28)(H,26,27,29)/b12-9+,25-10?. The van der Waals surface area contributed by atoms with Crippen LogP contribution in [-0.4, -0.2) is 29.0 Å². The zero-order valence-electron chi connectivity index (χ0n) is 15.9. The van der Waals surface area contributed by atoms with Crippen molar-refractivity contribution in [3.8, 4) is 0 Å². The highest BCUT2D eigenvalue weighted by molar-refractivity contribution is 6.12. The van der Waals surface area contributed by atoms with Crippen LogP contribution in [0.25, 0.3) is 5.57 Å². The van der Waals surface area contributed by atoms with Gasteiger partial charge < -0.3 is 22.6 Å². The van der Waals surface area contributed by atoms with E-state index < -0.39 is 11.7 Å². The topological polar surface area (TPSA) is 145 Å². The zero-order chi connectivity index (χ0) is 21.0. The Morgan fingerprint density at radius 2 is 2.07 bits per heavy atom. The SMILES string of the molecule is Cc1cc(F)c(C(=O)Nc2cccc(/C(N)=N/N)n2)cc1/C(C=NC1CC1)=C/N. The van der Waals surface area contributed by atoms with Crippen molar-refractivity contribution in [3.63, 3.8) is 0 Å². The lowest BCUT2D eigenvalue weighted by atomic mass is 9.98. The molecule has 1 fully saturated rings. The van der Waals surface area contributed by atoms with E-state index in [1.165, 1.54) is 18.3 Å². The van der Waals surface area contributed by atoms with E-state index in [9.17, 15) is 9.18 Å². The Hall–Kier alpha value is -3.75. The van der Waals surface area contributed by atoms with Crippen LogP contribution in [0.3, 0.4) is 0 Å². The third-order valence-electron chi connectivity index (χ3n) is 4.41. The average Bonchev–Trinajstić information content (AvgIpc) is 3.53. The van der Waals surface area contributed by atoms with Crippen LogP contribution in [0.2, 0.25) is 0 Å². The first-order valence-electron chi connectivity index (χ1n) is 9.00. The first-order chi connectivity index (χ1) is 13.9. The van der Waals surface area contributed by atoms with Gasteiger partial charge >= 0.3 is 0 Å². The second-order valence-electron chi connectivity index (χ2n) is 6.65. The van der Waals surface area contributed by atoms with Crippen LogP contribution in [0.1, 0.15) is 40.0 Å². The molecule has 150 valence electrons. The van der Waals surface area contributed by atoms with Gasteiger partial charge in [0.05, 0.1) is 11.6 Å². The number of aryl methyl sites for hydroxylation is 1. The van der Waals surface area contributed by atoms with Crippen LogP contribution in [0.15, 0.2) is 46.6 Å². The Labute approximate surface area is 167 Å². The molecule has 0 radical (unpaired) electrons. The third kappa shape index (κ3) is 4.75. The highest BCUT2D eigenvalue weighted by Crippen LogP contribution is 2.26. The quantitative estimate of drug-likeness (QED) is 0.255. The van der Waals surface area contributed by atoms with E-state index in [0.29, 0.717) is 28.4 Å². The third-order valence-corrected chi connectivity index (χ3v) is 4.41. The molecule has 3 rings (SSSR count). The number of amidine groups is 1. The highest BCUT2D eigenvalue weighted by atomic mass is 19.1. The number of nitrogens with zero attached hydrogens (tertiary/aromatic N) is 3. The van der Waals surface area contributed by atoms with Gasteiger partial charge in [0.15, 0.2) is 5.84 Å². The summed E-state index contributed by atoms with van der Waals surface area (Å²) in [5, 5.41) is 5.92. The molecule has 1 heterocycles. The minimum absolute atomic E-state index is 0.0116. The van der Waals surface area contributed by atoms with Crippen LogP contribution in [0.5, 0.6) is 0 Å². The number of aromatic nitrogens is 1. The maximum Gasteiger partial charge on any atom is 0.259 e. The fourth-order valence-electron chi connectivity index (χ4n) is 2.67. The number of hydrogen-bond acceptors (Lipinski definition) is 6. The van der Waals surface area contributed by atoms with Crippen molar-refractivity contribution in [1.82, 2.24) is 4.98 Å². The molecule has 0 bridgehead atoms. The summed E-state index contributed by atoms with van der Waals surface area (Å²) >= 11 is 0. The highest BCUT2D eigenvalue weighted by Gasteiger charge is 2.20. The first-order valence-corrected chi connectivity index (χ1v) is 9.00. The Morgan fingerprint density at radius 1 is 1.31 bits per heavy atom. The summed E-state index contributed by atoms with van der Waals surface area (Å²) in [4.78, 5) is 21.2. The molecule has 29 heavy (non-hydrogen) atoms. The largest absolute Gasteiger partial charge is 0.404 e. The number of amides is 1.